The van der Waals surface area contributed by atoms with E-state index < -0.39 is 11.8 Å². The van der Waals surface area contributed by atoms with Gasteiger partial charge in [-0.05, 0) is 40.2 Å². The third-order valence-electron chi connectivity index (χ3n) is 2.35. The van der Waals surface area contributed by atoms with Crippen LogP contribution in [0.5, 0.6) is 0 Å². The number of nitrogens with one attached hydrogen (secondary N) is 1. The smallest absolute Gasteiger partial charge is 0.352 e. The van der Waals surface area contributed by atoms with Gasteiger partial charge in [-0.25, -0.2) is 9.18 Å². The minimum atomic E-state index is -1.15. The third-order valence-corrected chi connectivity index (χ3v) is 3.01. The molecule has 0 saturated heterocycles. The number of benzene rings is 1. The predicted molar refractivity (Wildman–Crippen MR) is 65.3 cm³/mol. The number of aromatic amines is 1. The fourth-order valence-corrected chi connectivity index (χ4v) is 2.01. The lowest BCUT2D eigenvalue weighted by Gasteiger charge is -2.01. The van der Waals surface area contributed by atoms with Crippen molar-refractivity contribution in [3.8, 4) is 0 Å². The molecule has 6 heteroatoms. The Hall–Kier alpha value is -1.95. The van der Waals surface area contributed by atoms with Crippen LogP contribution in [-0.4, -0.2) is 21.8 Å². The second kappa shape index (κ2) is 4.73. The molecule has 92 valence electrons. The first-order valence-electron chi connectivity index (χ1n) is 4.90. The highest BCUT2D eigenvalue weighted by molar-refractivity contribution is 9.10. The SMILES string of the molecule is O=C(O)c1cc(C(=O)c2ccc(F)cc2Br)c[nH]1. The average molecular weight is 312 g/mol. The molecule has 1 aromatic carbocycles. The number of aromatic nitrogens is 1. The number of rotatable bonds is 3. The molecule has 18 heavy (non-hydrogen) atoms. The Balaban J connectivity index is 2.38. The second-order valence-corrected chi connectivity index (χ2v) is 4.41. The molecular weight excluding hydrogens is 305 g/mol. The molecule has 1 heterocycles. The Morgan fingerprint density at radius 3 is 2.56 bits per heavy atom. The molecule has 1 aromatic heterocycles. The van der Waals surface area contributed by atoms with Crippen LogP contribution in [0.25, 0.3) is 0 Å². The van der Waals surface area contributed by atoms with E-state index in [-0.39, 0.29) is 22.6 Å². The fourth-order valence-electron chi connectivity index (χ4n) is 1.48. The van der Waals surface area contributed by atoms with Crippen LogP contribution >= 0.6 is 15.9 Å². The van der Waals surface area contributed by atoms with Crippen molar-refractivity contribution >= 4 is 27.7 Å². The van der Waals surface area contributed by atoms with E-state index in [1.807, 2.05) is 0 Å². The summed E-state index contributed by atoms with van der Waals surface area (Å²) in [5.74, 6) is -1.99. The van der Waals surface area contributed by atoms with Crippen LogP contribution in [0, 0.1) is 5.82 Å². The first-order valence-corrected chi connectivity index (χ1v) is 5.70. The molecule has 0 aliphatic carbocycles. The molecule has 0 radical (unpaired) electrons. The van der Waals surface area contributed by atoms with Gasteiger partial charge in [-0.2, -0.15) is 0 Å². The lowest BCUT2D eigenvalue weighted by atomic mass is 10.1. The Labute approximate surface area is 110 Å². The molecule has 0 fully saturated rings. The van der Waals surface area contributed by atoms with Crippen LogP contribution in [0.15, 0.2) is 34.9 Å². The largest absolute Gasteiger partial charge is 0.477 e. The zero-order chi connectivity index (χ0) is 13.3. The number of hydrogen-bond acceptors (Lipinski definition) is 2. The summed E-state index contributed by atoms with van der Waals surface area (Å²) in [6, 6.07) is 4.93. The van der Waals surface area contributed by atoms with Crippen LogP contribution in [0.1, 0.15) is 26.4 Å². The highest BCUT2D eigenvalue weighted by atomic mass is 79.9. The summed E-state index contributed by atoms with van der Waals surface area (Å²) in [7, 11) is 0. The van der Waals surface area contributed by atoms with Crippen LogP contribution in [0.2, 0.25) is 0 Å². The van der Waals surface area contributed by atoms with Crippen molar-refractivity contribution in [3.63, 3.8) is 0 Å². The molecule has 0 saturated carbocycles. The van der Waals surface area contributed by atoms with Crippen LogP contribution in [-0.2, 0) is 0 Å². The topological polar surface area (TPSA) is 70.2 Å². The van der Waals surface area contributed by atoms with E-state index in [1.54, 1.807) is 0 Å². The van der Waals surface area contributed by atoms with E-state index in [1.165, 1.54) is 30.5 Å². The standard InChI is InChI=1S/C12H7BrFNO3/c13-9-4-7(14)1-2-8(9)11(16)6-3-10(12(17)18)15-5-6/h1-5,15H,(H,17,18). The first kappa shape index (κ1) is 12.5. The third kappa shape index (κ3) is 2.33. The van der Waals surface area contributed by atoms with Crippen molar-refractivity contribution in [2.75, 3.05) is 0 Å². The molecule has 2 aromatic rings. The van der Waals surface area contributed by atoms with Crippen LogP contribution < -0.4 is 0 Å². The predicted octanol–water partition coefficient (Wildman–Crippen LogP) is 2.85. The van der Waals surface area contributed by atoms with Crippen LogP contribution in [0.3, 0.4) is 0 Å². The quantitative estimate of drug-likeness (QED) is 0.856. The van der Waals surface area contributed by atoms with E-state index >= 15 is 0 Å². The number of carbonyl (C=O) groups is 2. The van der Waals surface area contributed by atoms with Crippen LogP contribution in [0.4, 0.5) is 4.39 Å². The molecule has 0 aliphatic rings. The number of aromatic carboxylic acids is 1. The maximum atomic E-state index is 12.9. The lowest BCUT2D eigenvalue weighted by molar-refractivity contribution is 0.0691. The van der Waals surface area contributed by atoms with Gasteiger partial charge in [0.2, 0.25) is 0 Å². The summed E-state index contributed by atoms with van der Waals surface area (Å²) in [6.07, 6.45) is 1.31. The van der Waals surface area contributed by atoms with Gasteiger partial charge in [0, 0.05) is 21.8 Å². The summed E-state index contributed by atoms with van der Waals surface area (Å²) in [6.45, 7) is 0. The Morgan fingerprint density at radius 2 is 2.00 bits per heavy atom. The van der Waals surface area contributed by atoms with Gasteiger partial charge >= 0.3 is 5.97 Å². The van der Waals surface area contributed by atoms with Crippen molar-refractivity contribution < 1.29 is 19.1 Å². The molecule has 0 aliphatic heterocycles. The summed E-state index contributed by atoms with van der Waals surface area (Å²) < 4.78 is 13.2. The van der Waals surface area contributed by atoms with E-state index in [0.29, 0.717) is 4.47 Å². The number of carboxylic acids is 1. The normalized spacial score (nSPS) is 10.3. The molecule has 0 amide bonds. The van der Waals surface area contributed by atoms with E-state index in [9.17, 15) is 14.0 Å². The molecule has 2 N–H and O–H groups in total. The number of ketones is 1. The molecule has 4 nitrogen and oxygen atoms in total. The van der Waals surface area contributed by atoms with E-state index in [4.69, 9.17) is 5.11 Å². The zero-order valence-corrected chi connectivity index (χ0v) is 10.5. The molecule has 2 rings (SSSR count). The van der Waals surface area contributed by atoms with Crippen molar-refractivity contribution in [2.45, 2.75) is 0 Å². The van der Waals surface area contributed by atoms with E-state index in [2.05, 4.69) is 20.9 Å². The Morgan fingerprint density at radius 1 is 1.28 bits per heavy atom. The zero-order valence-electron chi connectivity index (χ0n) is 8.91. The minimum absolute atomic E-state index is 0.0726. The van der Waals surface area contributed by atoms with Gasteiger partial charge in [-0.3, -0.25) is 4.79 Å². The number of hydrogen-bond donors (Lipinski definition) is 2. The number of H-pyrrole nitrogens is 1. The number of carboxylic acid groups (broad SMARTS) is 1. The molecule has 0 bridgehead atoms. The Kier molecular flexibility index (Phi) is 3.29. The average Bonchev–Trinajstić information content (AvgIpc) is 2.77. The molecule has 0 atom stereocenters. The molecular formula is C12H7BrFNO3. The molecule has 0 unspecified atom stereocenters. The first-order chi connectivity index (χ1) is 8.49. The lowest BCUT2D eigenvalue weighted by Crippen LogP contribution is -2.01. The van der Waals surface area contributed by atoms with Gasteiger partial charge < -0.3 is 10.1 Å². The van der Waals surface area contributed by atoms with Gasteiger partial charge in [-0.1, -0.05) is 0 Å². The highest BCUT2D eigenvalue weighted by Crippen LogP contribution is 2.21. The second-order valence-electron chi connectivity index (χ2n) is 3.56. The maximum absolute atomic E-state index is 12.9. The summed E-state index contributed by atoms with van der Waals surface area (Å²) >= 11 is 3.09. The van der Waals surface area contributed by atoms with Crippen molar-refractivity contribution in [1.82, 2.24) is 4.98 Å². The monoisotopic (exact) mass is 311 g/mol. The Bertz CT molecular complexity index is 636. The van der Waals surface area contributed by atoms with Crippen molar-refractivity contribution in [1.29, 1.82) is 0 Å². The van der Waals surface area contributed by atoms with E-state index in [0.717, 1.165) is 0 Å². The van der Waals surface area contributed by atoms with Gasteiger partial charge in [0.25, 0.3) is 0 Å². The van der Waals surface area contributed by atoms with Gasteiger partial charge in [0.1, 0.15) is 11.5 Å². The molecule has 0 spiro atoms. The van der Waals surface area contributed by atoms with Crippen molar-refractivity contribution in [2.24, 2.45) is 0 Å². The van der Waals surface area contributed by atoms with Gasteiger partial charge in [0.05, 0.1) is 0 Å². The van der Waals surface area contributed by atoms with Crippen molar-refractivity contribution in [3.05, 3.63) is 57.6 Å². The van der Waals surface area contributed by atoms with Gasteiger partial charge in [0.15, 0.2) is 5.78 Å². The number of halogens is 2. The highest BCUT2D eigenvalue weighted by Gasteiger charge is 2.16. The number of carbonyl (C=O) groups excluding carboxylic acids is 1. The van der Waals surface area contributed by atoms with Gasteiger partial charge in [-0.15, -0.1) is 0 Å². The summed E-state index contributed by atoms with van der Waals surface area (Å²) in [5.41, 5.74) is 0.406. The summed E-state index contributed by atoms with van der Waals surface area (Å²) in [5, 5.41) is 8.74. The fraction of sp³-hybridized carbons (Fsp3) is 0. The summed E-state index contributed by atoms with van der Waals surface area (Å²) in [4.78, 5) is 25.2. The maximum Gasteiger partial charge on any atom is 0.352 e. The minimum Gasteiger partial charge on any atom is -0.477 e.